The molecule has 0 saturated carbocycles. The number of carbonyl (C=O) groups is 6. The Kier molecular flexibility index (Phi) is 20.9. The highest BCUT2D eigenvalue weighted by Gasteiger charge is 2.23. The van der Waals surface area contributed by atoms with Gasteiger partial charge in [-0.05, 0) is 168 Å². The maximum Gasteiger partial charge on any atom is 0.339 e. The van der Waals surface area contributed by atoms with Gasteiger partial charge in [-0.15, -0.1) is 0 Å². The monoisotopic (exact) mass is 1280 g/mol. The average molecular weight is 1280 g/mol. The van der Waals surface area contributed by atoms with Crippen LogP contribution < -0.4 is 0 Å². The van der Waals surface area contributed by atoms with Crippen LogP contribution in [0.2, 0.25) is 0 Å². The molecule has 0 aliphatic heterocycles. The highest BCUT2D eigenvalue weighted by molar-refractivity contribution is 6.25. The van der Waals surface area contributed by atoms with E-state index in [-0.39, 0.29) is 30.5 Å². The number of rotatable bonds is 9. The van der Waals surface area contributed by atoms with Gasteiger partial charge in [-0.25, -0.2) is 28.8 Å². The molecule has 15 aromatic carbocycles. The Labute approximate surface area is 558 Å². The lowest BCUT2D eigenvalue weighted by atomic mass is 9.91. The highest BCUT2D eigenvalue weighted by Crippen LogP contribution is 2.35. The maximum atomic E-state index is 12.3. The molecule has 0 aliphatic rings. The summed E-state index contributed by atoms with van der Waals surface area (Å²) in [6, 6.07) is 86.9. The van der Waals surface area contributed by atoms with Crippen molar-refractivity contribution in [3.05, 3.63) is 300 Å². The van der Waals surface area contributed by atoms with Crippen LogP contribution >= 0.6 is 0 Å². The number of carbonyl (C=O) groups excluding carboxylic acids is 6. The van der Waals surface area contributed by atoms with Crippen molar-refractivity contribution in [3.63, 3.8) is 0 Å². The molecule has 0 spiro atoms. The number of fused-ring (bicyclic) bond motifs is 10. The van der Waals surface area contributed by atoms with E-state index in [4.69, 9.17) is 28.4 Å². The molecule has 13 nitrogen and oxygen atoms in total. The molecular formula is C84H66O13. The van der Waals surface area contributed by atoms with E-state index in [0.29, 0.717) is 56.0 Å². The van der Waals surface area contributed by atoms with Gasteiger partial charge in [0.2, 0.25) is 0 Å². The molecule has 0 unspecified atom stereocenters. The van der Waals surface area contributed by atoms with Gasteiger partial charge in [-0.2, -0.15) is 0 Å². The van der Waals surface area contributed by atoms with Crippen molar-refractivity contribution in [1.29, 1.82) is 0 Å². The molecule has 0 saturated heterocycles. The van der Waals surface area contributed by atoms with Crippen LogP contribution in [0.5, 0.6) is 0 Å². The fraction of sp³-hybridized carbons (Fsp3) is 0.0952. The van der Waals surface area contributed by atoms with Crippen LogP contribution in [0.3, 0.4) is 0 Å². The minimum atomic E-state index is -0.427. The van der Waals surface area contributed by atoms with Crippen LogP contribution in [0.15, 0.2) is 267 Å². The Balaban J connectivity index is 0.000000123. The third kappa shape index (κ3) is 14.4. The van der Waals surface area contributed by atoms with Gasteiger partial charge in [0.1, 0.15) is 6.61 Å². The predicted octanol–water partition coefficient (Wildman–Crippen LogP) is 18.6. The van der Waals surface area contributed by atoms with Crippen LogP contribution in [-0.2, 0) is 44.6 Å². The number of esters is 6. The smallest absolute Gasteiger partial charge is 0.339 e. The first-order valence-electron chi connectivity index (χ1n) is 31.0. The summed E-state index contributed by atoms with van der Waals surface area (Å²) in [5.74, 6) is -2.10. The van der Waals surface area contributed by atoms with Gasteiger partial charge in [0.05, 0.1) is 77.1 Å². The number of methoxy groups -OCH3 is 6. The summed E-state index contributed by atoms with van der Waals surface area (Å²) in [4.78, 5) is 70.9. The Bertz CT molecular complexity index is 5220. The van der Waals surface area contributed by atoms with Crippen molar-refractivity contribution < 1.29 is 61.9 Å². The standard InChI is InChI=1S/C18H14O4.C18H16O3.3C16H12O2/c1-21-17(19)15-11-7-3-5-9-13(11)16(18(20)22-2)14-10-6-4-8-12(14)15;1-20-18(19)12-21-11-17-15-8-4-2-6-13(15)10-14-7-3-5-9-16(14)17;1-18-16(17)15-13-8-4-2-6-11(13)10-12-7-3-5-9-14(12)15;1-18-16(17)14-8-4-7-13-9-11-5-2-3-6-12(11)10-15(13)14;1-18-16(17)14-7-6-13-8-11-4-2-3-5-12(11)9-15(13)10-14/h3-10H,1-2H3;2-10H,11-12H2,1H3;3*2-10H,1H3. The average Bonchev–Trinajstić information content (AvgIpc) is 0.756. The third-order valence-electron chi connectivity index (χ3n) is 16.7. The zero-order chi connectivity index (χ0) is 68.0. The first kappa shape index (κ1) is 66.1. The fourth-order valence-corrected chi connectivity index (χ4v) is 12.1. The lowest BCUT2D eigenvalue weighted by Crippen LogP contribution is -2.10. The van der Waals surface area contributed by atoms with Gasteiger partial charge in [-0.3, -0.25) is 0 Å². The van der Waals surface area contributed by atoms with Crippen LogP contribution in [-0.4, -0.2) is 85.1 Å². The second-order valence-electron chi connectivity index (χ2n) is 22.3. The topological polar surface area (TPSA) is 167 Å². The first-order chi connectivity index (χ1) is 47.4. The molecule has 0 amide bonds. The van der Waals surface area contributed by atoms with Gasteiger partial charge in [0, 0.05) is 0 Å². The quantitative estimate of drug-likeness (QED) is 0.0761. The zero-order valence-corrected chi connectivity index (χ0v) is 54.1. The molecule has 0 heterocycles. The molecule has 0 atom stereocenters. The molecule has 13 heteroatoms. The number of ether oxygens (including phenoxy) is 7. The SMILES string of the molecule is COC(=O)COCc1c2ccccc2cc2ccccc12.COC(=O)c1c2ccccc2c(C(=O)OC)c2ccccc12.COC(=O)c1c2ccccc2cc2ccccc12.COC(=O)c1ccc2cc3ccccc3cc2c1.COC(=O)c1cccc2cc3ccccc3cc12. The highest BCUT2D eigenvalue weighted by atomic mass is 16.6. The molecule has 0 bridgehead atoms. The molecule has 15 rings (SSSR count). The minimum Gasteiger partial charge on any atom is -0.467 e. The van der Waals surface area contributed by atoms with Gasteiger partial charge in [-0.1, -0.05) is 212 Å². The normalized spacial score (nSPS) is 10.7. The van der Waals surface area contributed by atoms with Crippen LogP contribution in [0.1, 0.15) is 57.4 Å². The maximum absolute atomic E-state index is 12.3. The second kappa shape index (κ2) is 30.6. The summed E-state index contributed by atoms with van der Waals surface area (Å²) in [7, 11) is 8.27. The minimum absolute atomic E-state index is 0.0337. The van der Waals surface area contributed by atoms with E-state index < -0.39 is 11.9 Å². The molecule has 15 aromatic rings. The van der Waals surface area contributed by atoms with E-state index in [2.05, 4.69) is 77.5 Å². The van der Waals surface area contributed by atoms with Crippen LogP contribution in [0.25, 0.3) is 108 Å². The molecule has 0 aromatic heterocycles. The summed E-state index contributed by atoms with van der Waals surface area (Å²) < 4.78 is 34.4. The van der Waals surface area contributed by atoms with Gasteiger partial charge >= 0.3 is 35.8 Å². The summed E-state index contributed by atoms with van der Waals surface area (Å²) in [6.45, 7) is 0.352. The van der Waals surface area contributed by atoms with Gasteiger partial charge < -0.3 is 33.2 Å². The molecule has 0 aliphatic carbocycles. The molecule has 0 N–H and O–H groups in total. The fourth-order valence-electron chi connectivity index (χ4n) is 12.1. The van der Waals surface area contributed by atoms with Gasteiger partial charge in [0.15, 0.2) is 0 Å². The first-order valence-corrected chi connectivity index (χ1v) is 31.0. The Morgan fingerprint density at radius 2 is 0.557 bits per heavy atom. The van der Waals surface area contributed by atoms with Gasteiger partial charge in [0.25, 0.3) is 0 Å². The van der Waals surface area contributed by atoms with Crippen LogP contribution in [0.4, 0.5) is 0 Å². The van der Waals surface area contributed by atoms with Crippen molar-refractivity contribution >= 4 is 144 Å². The van der Waals surface area contributed by atoms with Crippen molar-refractivity contribution in [2.24, 2.45) is 0 Å². The summed E-state index contributed by atoms with van der Waals surface area (Å²) in [5.41, 5.74) is 3.86. The van der Waals surface area contributed by atoms with Crippen molar-refractivity contribution in [1.82, 2.24) is 0 Å². The Morgan fingerprint density at radius 1 is 0.247 bits per heavy atom. The second-order valence-corrected chi connectivity index (χ2v) is 22.3. The molecule has 0 radical (unpaired) electrons. The number of hydrogen-bond donors (Lipinski definition) is 0. The van der Waals surface area contributed by atoms with E-state index in [1.807, 2.05) is 158 Å². The lowest BCUT2D eigenvalue weighted by molar-refractivity contribution is -0.146. The summed E-state index contributed by atoms with van der Waals surface area (Å²) in [5, 5.41) is 20.2. The number of hydrogen-bond acceptors (Lipinski definition) is 13. The lowest BCUT2D eigenvalue weighted by Gasteiger charge is -2.14. The summed E-state index contributed by atoms with van der Waals surface area (Å²) >= 11 is 0. The molecule has 97 heavy (non-hydrogen) atoms. The van der Waals surface area contributed by atoms with Crippen molar-refractivity contribution in [3.8, 4) is 0 Å². The van der Waals surface area contributed by atoms with E-state index in [9.17, 15) is 28.8 Å². The largest absolute Gasteiger partial charge is 0.467 e. The number of benzene rings is 15. The zero-order valence-electron chi connectivity index (χ0n) is 54.1. The predicted molar refractivity (Wildman–Crippen MR) is 386 cm³/mol. The third-order valence-corrected chi connectivity index (χ3v) is 16.7. The Morgan fingerprint density at radius 3 is 0.979 bits per heavy atom. The molecule has 0 fully saturated rings. The van der Waals surface area contributed by atoms with E-state index >= 15 is 0 Å². The molecular weight excluding hydrogens is 1220 g/mol. The Hall–Kier alpha value is -12.3. The van der Waals surface area contributed by atoms with Crippen molar-refractivity contribution in [2.45, 2.75) is 6.61 Å². The van der Waals surface area contributed by atoms with E-state index in [1.165, 1.54) is 69.6 Å². The molecule has 480 valence electrons. The van der Waals surface area contributed by atoms with E-state index in [0.717, 1.165) is 64.8 Å². The van der Waals surface area contributed by atoms with Crippen LogP contribution in [0, 0.1) is 0 Å². The van der Waals surface area contributed by atoms with Crippen molar-refractivity contribution in [2.75, 3.05) is 49.3 Å². The van der Waals surface area contributed by atoms with E-state index in [1.54, 1.807) is 36.4 Å². The summed E-state index contributed by atoms with van der Waals surface area (Å²) in [6.07, 6.45) is 0.